The van der Waals surface area contributed by atoms with E-state index in [0.29, 0.717) is 18.8 Å². The minimum Gasteiger partial charge on any atom is -0.480 e. The first kappa shape index (κ1) is 11.5. The summed E-state index contributed by atoms with van der Waals surface area (Å²) in [5.74, 6) is -0.814. The summed E-state index contributed by atoms with van der Waals surface area (Å²) in [6.45, 7) is 3.25. The molecule has 3 N–H and O–H groups in total. The number of rotatable bonds is 5. The molecule has 15 heavy (non-hydrogen) atoms. The van der Waals surface area contributed by atoms with Crippen molar-refractivity contribution in [3.05, 3.63) is 29.8 Å². The van der Waals surface area contributed by atoms with E-state index in [9.17, 15) is 4.79 Å². The Bertz CT molecular complexity index is 339. The normalized spacial score (nSPS) is 10.5. The van der Waals surface area contributed by atoms with Crippen molar-refractivity contribution in [1.29, 1.82) is 0 Å². The number of likely N-dealkylation sites (N-methyl/N-ethyl adjacent to an activating group) is 1. The summed E-state index contributed by atoms with van der Waals surface area (Å²) in [5.41, 5.74) is 7.46. The Hall–Kier alpha value is -1.55. The average Bonchev–Trinajstić information content (AvgIpc) is 2.19. The van der Waals surface area contributed by atoms with Crippen molar-refractivity contribution in [2.75, 3.05) is 18.8 Å². The number of carboxylic acids is 1. The predicted octanol–water partition coefficient (Wildman–Crippen LogP) is 1.18. The van der Waals surface area contributed by atoms with Gasteiger partial charge in [-0.25, -0.2) is 0 Å². The molecular weight excluding hydrogens is 192 g/mol. The fourth-order valence-corrected chi connectivity index (χ4v) is 1.39. The summed E-state index contributed by atoms with van der Waals surface area (Å²) >= 11 is 0. The number of nitrogen functional groups attached to an aromatic ring is 1. The van der Waals surface area contributed by atoms with E-state index in [1.54, 1.807) is 0 Å². The first-order valence-electron chi connectivity index (χ1n) is 4.91. The fourth-order valence-electron chi connectivity index (χ4n) is 1.39. The van der Waals surface area contributed by atoms with Crippen molar-refractivity contribution in [2.45, 2.75) is 13.5 Å². The van der Waals surface area contributed by atoms with Crippen molar-refractivity contribution in [2.24, 2.45) is 0 Å². The van der Waals surface area contributed by atoms with Crippen molar-refractivity contribution >= 4 is 11.7 Å². The van der Waals surface area contributed by atoms with Gasteiger partial charge in [0.2, 0.25) is 0 Å². The van der Waals surface area contributed by atoms with Crippen LogP contribution >= 0.6 is 0 Å². The average molecular weight is 208 g/mol. The number of carbonyl (C=O) groups is 1. The molecule has 0 fully saturated rings. The van der Waals surface area contributed by atoms with E-state index in [4.69, 9.17) is 10.8 Å². The molecule has 0 bridgehead atoms. The zero-order valence-electron chi connectivity index (χ0n) is 8.81. The van der Waals surface area contributed by atoms with E-state index in [1.165, 1.54) is 0 Å². The van der Waals surface area contributed by atoms with Crippen molar-refractivity contribution < 1.29 is 9.90 Å². The number of aliphatic carboxylic acids is 1. The van der Waals surface area contributed by atoms with Crippen LogP contribution in [0.5, 0.6) is 0 Å². The molecule has 1 aromatic carbocycles. The second-order valence-corrected chi connectivity index (χ2v) is 3.40. The van der Waals surface area contributed by atoms with Gasteiger partial charge < -0.3 is 10.8 Å². The first-order chi connectivity index (χ1) is 7.13. The highest BCUT2D eigenvalue weighted by Gasteiger charge is 2.09. The van der Waals surface area contributed by atoms with E-state index in [1.807, 2.05) is 36.1 Å². The van der Waals surface area contributed by atoms with Gasteiger partial charge in [-0.3, -0.25) is 9.69 Å². The van der Waals surface area contributed by atoms with Gasteiger partial charge in [0.1, 0.15) is 0 Å². The maximum Gasteiger partial charge on any atom is 0.317 e. The van der Waals surface area contributed by atoms with Gasteiger partial charge in [0.15, 0.2) is 0 Å². The van der Waals surface area contributed by atoms with E-state index in [0.717, 1.165) is 5.56 Å². The number of benzene rings is 1. The summed E-state index contributed by atoms with van der Waals surface area (Å²) in [7, 11) is 0. The van der Waals surface area contributed by atoms with E-state index in [2.05, 4.69) is 0 Å². The first-order valence-corrected chi connectivity index (χ1v) is 4.91. The molecule has 82 valence electrons. The summed E-state index contributed by atoms with van der Waals surface area (Å²) in [6, 6.07) is 7.51. The SMILES string of the molecule is CCN(CC(=O)O)Cc1ccccc1N. The monoisotopic (exact) mass is 208 g/mol. The number of hydrogen-bond donors (Lipinski definition) is 2. The van der Waals surface area contributed by atoms with Gasteiger partial charge >= 0.3 is 5.97 Å². The summed E-state index contributed by atoms with van der Waals surface area (Å²) in [5, 5.41) is 8.69. The minimum atomic E-state index is -0.814. The van der Waals surface area contributed by atoms with Crippen LogP contribution in [-0.2, 0) is 11.3 Å². The Kier molecular flexibility index (Phi) is 4.12. The smallest absolute Gasteiger partial charge is 0.317 e. The van der Waals surface area contributed by atoms with Gasteiger partial charge in [-0.1, -0.05) is 25.1 Å². The Morgan fingerprint density at radius 2 is 2.13 bits per heavy atom. The molecule has 4 heteroatoms. The van der Waals surface area contributed by atoms with E-state index < -0.39 is 5.97 Å². The summed E-state index contributed by atoms with van der Waals surface area (Å²) in [4.78, 5) is 12.4. The Balaban J connectivity index is 2.66. The quantitative estimate of drug-likeness (QED) is 0.713. The van der Waals surface area contributed by atoms with Crippen LogP contribution in [0.15, 0.2) is 24.3 Å². The van der Waals surface area contributed by atoms with E-state index >= 15 is 0 Å². The lowest BCUT2D eigenvalue weighted by Crippen LogP contribution is -2.29. The second kappa shape index (κ2) is 5.36. The number of nitrogens with zero attached hydrogens (tertiary/aromatic N) is 1. The van der Waals surface area contributed by atoms with E-state index in [-0.39, 0.29) is 6.54 Å². The third kappa shape index (κ3) is 3.59. The maximum atomic E-state index is 10.6. The van der Waals surface area contributed by atoms with Gasteiger partial charge in [-0.15, -0.1) is 0 Å². The van der Waals surface area contributed by atoms with Gasteiger partial charge in [-0.2, -0.15) is 0 Å². The highest BCUT2D eigenvalue weighted by Crippen LogP contribution is 2.12. The second-order valence-electron chi connectivity index (χ2n) is 3.40. The van der Waals surface area contributed by atoms with Gasteiger partial charge in [0.05, 0.1) is 6.54 Å². The van der Waals surface area contributed by atoms with Crippen LogP contribution < -0.4 is 5.73 Å². The molecule has 0 radical (unpaired) electrons. The Morgan fingerprint density at radius 1 is 1.47 bits per heavy atom. The largest absolute Gasteiger partial charge is 0.480 e. The molecule has 0 saturated heterocycles. The molecule has 0 aromatic heterocycles. The highest BCUT2D eigenvalue weighted by atomic mass is 16.4. The lowest BCUT2D eigenvalue weighted by atomic mass is 10.1. The topological polar surface area (TPSA) is 66.6 Å². The zero-order valence-corrected chi connectivity index (χ0v) is 8.81. The van der Waals surface area contributed by atoms with Crippen LogP contribution in [0.2, 0.25) is 0 Å². The Labute approximate surface area is 89.3 Å². The fraction of sp³-hybridized carbons (Fsp3) is 0.364. The van der Waals surface area contributed by atoms with Crippen LogP contribution in [0, 0.1) is 0 Å². The maximum absolute atomic E-state index is 10.6. The van der Waals surface area contributed by atoms with Crippen LogP contribution in [0.3, 0.4) is 0 Å². The number of hydrogen-bond acceptors (Lipinski definition) is 3. The molecule has 0 atom stereocenters. The summed E-state index contributed by atoms with van der Waals surface area (Å²) < 4.78 is 0. The molecule has 0 heterocycles. The molecule has 1 rings (SSSR count). The lowest BCUT2D eigenvalue weighted by Gasteiger charge is -2.18. The molecule has 0 aliphatic carbocycles. The lowest BCUT2D eigenvalue weighted by molar-refractivity contribution is -0.138. The Morgan fingerprint density at radius 3 is 2.67 bits per heavy atom. The van der Waals surface area contributed by atoms with Crippen LogP contribution in [0.25, 0.3) is 0 Å². The van der Waals surface area contributed by atoms with Crippen LogP contribution in [-0.4, -0.2) is 29.1 Å². The minimum absolute atomic E-state index is 0.0465. The van der Waals surface area contributed by atoms with Crippen LogP contribution in [0.4, 0.5) is 5.69 Å². The number of para-hydroxylation sites is 1. The zero-order chi connectivity index (χ0) is 11.3. The standard InChI is InChI=1S/C11H16N2O2/c1-2-13(8-11(14)15)7-9-5-3-4-6-10(9)12/h3-6H,2,7-8,12H2,1H3,(H,14,15). The molecule has 0 spiro atoms. The molecule has 0 unspecified atom stereocenters. The molecule has 0 saturated carbocycles. The van der Waals surface area contributed by atoms with Crippen LogP contribution in [0.1, 0.15) is 12.5 Å². The van der Waals surface area contributed by atoms with Gasteiger partial charge in [-0.05, 0) is 18.2 Å². The number of nitrogens with two attached hydrogens (primary N) is 1. The van der Waals surface area contributed by atoms with Crippen molar-refractivity contribution in [1.82, 2.24) is 4.90 Å². The molecular formula is C11H16N2O2. The molecule has 1 aromatic rings. The molecule has 0 amide bonds. The third-order valence-corrected chi connectivity index (χ3v) is 2.26. The van der Waals surface area contributed by atoms with Crippen molar-refractivity contribution in [3.63, 3.8) is 0 Å². The molecule has 0 aliphatic heterocycles. The third-order valence-electron chi connectivity index (χ3n) is 2.26. The predicted molar refractivity (Wildman–Crippen MR) is 59.4 cm³/mol. The highest BCUT2D eigenvalue weighted by molar-refractivity contribution is 5.69. The molecule has 4 nitrogen and oxygen atoms in total. The number of anilines is 1. The van der Waals surface area contributed by atoms with Gasteiger partial charge in [0.25, 0.3) is 0 Å². The summed E-state index contributed by atoms with van der Waals surface area (Å²) in [6.07, 6.45) is 0. The van der Waals surface area contributed by atoms with Gasteiger partial charge in [0, 0.05) is 12.2 Å². The number of carboxylic acid groups (broad SMARTS) is 1. The van der Waals surface area contributed by atoms with Crippen molar-refractivity contribution in [3.8, 4) is 0 Å². The molecule has 0 aliphatic rings.